The van der Waals surface area contributed by atoms with Crippen molar-refractivity contribution >= 4 is 5.97 Å². The van der Waals surface area contributed by atoms with Gasteiger partial charge in [0.15, 0.2) is 0 Å². The largest absolute Gasteiger partial charge is 0.423 e. The summed E-state index contributed by atoms with van der Waals surface area (Å²) >= 11 is 0. The quantitative estimate of drug-likeness (QED) is 0.200. The summed E-state index contributed by atoms with van der Waals surface area (Å²) in [7, 11) is 0. The number of hydrogen-bond donors (Lipinski definition) is 0. The summed E-state index contributed by atoms with van der Waals surface area (Å²) in [6, 6.07) is 12.6. The molecule has 2 aliphatic carbocycles. The number of allylic oxidation sites excluding steroid dienone is 4. The van der Waals surface area contributed by atoms with E-state index >= 15 is 0 Å². The minimum absolute atomic E-state index is 0.246. The summed E-state index contributed by atoms with van der Waals surface area (Å²) in [6.45, 7) is 4.07. The Bertz CT molecular complexity index is 1050. The van der Waals surface area contributed by atoms with Gasteiger partial charge in [0.25, 0.3) is 0 Å². The van der Waals surface area contributed by atoms with Gasteiger partial charge >= 0.3 is 5.97 Å². The lowest BCUT2D eigenvalue weighted by atomic mass is 9.63. The van der Waals surface area contributed by atoms with Gasteiger partial charge in [-0.3, -0.25) is 0 Å². The first-order valence-electron chi connectivity index (χ1n) is 13.9. The van der Waals surface area contributed by atoms with Gasteiger partial charge in [-0.15, -0.1) is 0 Å². The normalized spacial score (nSPS) is 24.2. The first-order chi connectivity index (χ1) is 17.6. The first kappa shape index (κ1) is 26.4. The Morgan fingerprint density at radius 3 is 2.39 bits per heavy atom. The highest BCUT2D eigenvalue weighted by Crippen LogP contribution is 2.48. The van der Waals surface area contributed by atoms with Gasteiger partial charge in [0.1, 0.15) is 11.6 Å². The predicted octanol–water partition coefficient (Wildman–Crippen LogP) is 9.21. The number of hydrogen-bond acceptors (Lipinski definition) is 2. The fourth-order valence-electron chi connectivity index (χ4n) is 6.31. The van der Waals surface area contributed by atoms with Crippen LogP contribution in [0.2, 0.25) is 0 Å². The molecule has 2 saturated carbocycles. The molecule has 2 aromatic rings. The van der Waals surface area contributed by atoms with Crippen LogP contribution in [0.5, 0.6) is 5.75 Å². The fourth-order valence-corrected chi connectivity index (χ4v) is 6.31. The smallest absolute Gasteiger partial charge is 0.343 e. The summed E-state index contributed by atoms with van der Waals surface area (Å²) in [5.41, 5.74) is 2.47. The van der Waals surface area contributed by atoms with Crippen molar-refractivity contribution in [2.75, 3.05) is 0 Å². The maximum Gasteiger partial charge on any atom is 0.343 e. The lowest BCUT2D eigenvalue weighted by molar-refractivity contribution is 0.0734. The molecular weight excluding hydrogens is 447 g/mol. The molecule has 2 aromatic carbocycles. The van der Waals surface area contributed by atoms with Crippen LogP contribution >= 0.6 is 0 Å². The summed E-state index contributed by atoms with van der Waals surface area (Å²) in [6.07, 6.45) is 20.5. The minimum atomic E-state index is -0.442. The van der Waals surface area contributed by atoms with Gasteiger partial charge < -0.3 is 4.74 Å². The van der Waals surface area contributed by atoms with Gasteiger partial charge in [0, 0.05) is 6.07 Å². The molecule has 0 saturated heterocycles. The highest BCUT2D eigenvalue weighted by molar-refractivity contribution is 5.91. The number of ether oxygens (including phenoxy) is 1. The van der Waals surface area contributed by atoms with Crippen molar-refractivity contribution in [1.82, 2.24) is 0 Å². The molecule has 3 heteroatoms. The van der Waals surface area contributed by atoms with Gasteiger partial charge in [0.2, 0.25) is 0 Å². The number of carbonyl (C=O) groups excluding carboxylic acids is 1. The summed E-state index contributed by atoms with van der Waals surface area (Å²) in [5.74, 6) is 2.71. The standard InChI is InChI=1S/C33H41FO2/c1-3-5-7-9-24-11-12-30-22-29(18-17-28(30)21-24)25-13-15-27(16-14-25)33(35)36-31-20-19-26(32(34)23-31)10-8-6-4-2/h3-6,13-16,19-20,23-24,28-30H,7-12,17-18,21-22H2,1-2H3/b5-3+,6-4+. The van der Waals surface area contributed by atoms with Crippen LogP contribution < -0.4 is 4.74 Å². The van der Waals surface area contributed by atoms with E-state index in [0.717, 1.165) is 24.2 Å². The molecule has 0 bridgehead atoms. The lowest BCUT2D eigenvalue weighted by Gasteiger charge is -2.42. The van der Waals surface area contributed by atoms with Gasteiger partial charge in [-0.1, -0.05) is 48.9 Å². The molecule has 0 heterocycles. The van der Waals surface area contributed by atoms with Crippen LogP contribution in [0.15, 0.2) is 66.8 Å². The first-order valence-corrected chi connectivity index (χ1v) is 13.9. The molecule has 4 rings (SSSR count). The number of aryl methyl sites for hydroxylation is 1. The highest BCUT2D eigenvalue weighted by Gasteiger charge is 2.35. The van der Waals surface area contributed by atoms with E-state index < -0.39 is 5.97 Å². The summed E-state index contributed by atoms with van der Waals surface area (Å²) in [4.78, 5) is 12.7. The molecule has 4 atom stereocenters. The van der Waals surface area contributed by atoms with E-state index in [1.807, 2.05) is 31.2 Å². The Morgan fingerprint density at radius 2 is 1.64 bits per heavy atom. The van der Waals surface area contributed by atoms with Crippen LogP contribution in [0.1, 0.15) is 99.0 Å². The van der Waals surface area contributed by atoms with E-state index in [2.05, 4.69) is 31.2 Å². The van der Waals surface area contributed by atoms with E-state index in [4.69, 9.17) is 4.74 Å². The van der Waals surface area contributed by atoms with E-state index in [1.165, 1.54) is 63.0 Å². The van der Waals surface area contributed by atoms with E-state index in [9.17, 15) is 9.18 Å². The van der Waals surface area contributed by atoms with E-state index in [-0.39, 0.29) is 11.6 Å². The SMILES string of the molecule is C/C=C/CCc1ccc(OC(=O)c2ccc(C3CCC4CC(CC/C=C/C)CCC4C3)cc2)cc1F. The van der Waals surface area contributed by atoms with Crippen LogP contribution in [-0.2, 0) is 6.42 Å². The van der Waals surface area contributed by atoms with Crippen molar-refractivity contribution in [3.63, 3.8) is 0 Å². The molecule has 0 aliphatic heterocycles. The Hall–Kier alpha value is -2.68. The van der Waals surface area contributed by atoms with Crippen LogP contribution in [0, 0.1) is 23.6 Å². The zero-order chi connectivity index (χ0) is 25.3. The van der Waals surface area contributed by atoms with Crippen LogP contribution in [0.4, 0.5) is 4.39 Å². The predicted molar refractivity (Wildman–Crippen MR) is 146 cm³/mol. The third kappa shape index (κ3) is 6.96. The van der Waals surface area contributed by atoms with E-state index in [1.54, 1.807) is 12.1 Å². The van der Waals surface area contributed by atoms with Crippen LogP contribution in [0.25, 0.3) is 0 Å². The molecule has 0 aromatic heterocycles. The van der Waals surface area contributed by atoms with Crippen LogP contribution in [-0.4, -0.2) is 5.97 Å². The topological polar surface area (TPSA) is 26.3 Å². The van der Waals surface area contributed by atoms with Crippen molar-refractivity contribution in [1.29, 1.82) is 0 Å². The molecule has 36 heavy (non-hydrogen) atoms. The molecule has 2 fully saturated rings. The average Bonchev–Trinajstić information content (AvgIpc) is 2.90. The van der Waals surface area contributed by atoms with Gasteiger partial charge in [-0.2, -0.15) is 0 Å². The minimum Gasteiger partial charge on any atom is -0.423 e. The second kappa shape index (κ2) is 13.0. The second-order valence-electron chi connectivity index (χ2n) is 10.7. The van der Waals surface area contributed by atoms with Gasteiger partial charge in [-0.05, 0) is 125 Å². The van der Waals surface area contributed by atoms with Crippen molar-refractivity contribution < 1.29 is 13.9 Å². The monoisotopic (exact) mass is 488 g/mol. The number of halogens is 1. The zero-order valence-electron chi connectivity index (χ0n) is 21.9. The Morgan fingerprint density at radius 1 is 0.917 bits per heavy atom. The third-order valence-corrected chi connectivity index (χ3v) is 8.37. The number of rotatable bonds is 9. The van der Waals surface area contributed by atoms with Crippen LogP contribution in [0.3, 0.4) is 0 Å². The maximum absolute atomic E-state index is 14.4. The summed E-state index contributed by atoms with van der Waals surface area (Å²) in [5, 5.41) is 0. The molecule has 0 spiro atoms. The third-order valence-electron chi connectivity index (χ3n) is 8.37. The van der Waals surface area contributed by atoms with Crippen molar-refractivity contribution in [3.8, 4) is 5.75 Å². The molecule has 192 valence electrons. The Kier molecular flexibility index (Phi) is 9.55. The van der Waals surface area contributed by atoms with Crippen molar-refractivity contribution in [2.45, 2.75) is 84.0 Å². The molecule has 2 aliphatic rings. The fraction of sp³-hybridized carbons (Fsp3) is 0.485. The molecule has 4 unspecified atom stereocenters. The number of carbonyl (C=O) groups is 1. The molecule has 0 amide bonds. The number of fused-ring (bicyclic) bond motifs is 1. The summed E-state index contributed by atoms with van der Waals surface area (Å²) < 4.78 is 19.8. The second-order valence-corrected chi connectivity index (χ2v) is 10.7. The Balaban J connectivity index is 1.29. The van der Waals surface area contributed by atoms with Crippen molar-refractivity contribution in [2.24, 2.45) is 17.8 Å². The average molecular weight is 489 g/mol. The molecule has 2 nitrogen and oxygen atoms in total. The highest BCUT2D eigenvalue weighted by atomic mass is 19.1. The number of benzene rings is 2. The molecular formula is C33H41FO2. The van der Waals surface area contributed by atoms with E-state index in [0.29, 0.717) is 23.5 Å². The molecule has 0 radical (unpaired) electrons. The molecule has 0 N–H and O–H groups in total. The Labute approximate surface area is 216 Å². The zero-order valence-corrected chi connectivity index (χ0v) is 21.9. The lowest BCUT2D eigenvalue weighted by Crippen LogP contribution is -2.30. The number of esters is 1. The maximum atomic E-state index is 14.4. The van der Waals surface area contributed by atoms with Gasteiger partial charge in [0.05, 0.1) is 5.56 Å². The van der Waals surface area contributed by atoms with Crippen molar-refractivity contribution in [3.05, 3.63) is 89.3 Å². The van der Waals surface area contributed by atoms with Gasteiger partial charge in [-0.25, -0.2) is 9.18 Å².